The van der Waals surface area contributed by atoms with Crippen LogP contribution in [-0.2, 0) is 38.1 Å². The quantitative estimate of drug-likeness (QED) is 0.260. The van der Waals surface area contributed by atoms with E-state index in [0.29, 0.717) is 11.8 Å². The van der Waals surface area contributed by atoms with E-state index in [4.69, 9.17) is 18.9 Å². The average Bonchev–Trinajstić information content (AvgIpc) is 2.86. The van der Waals surface area contributed by atoms with Gasteiger partial charge in [0, 0.05) is 18.6 Å². The van der Waals surface area contributed by atoms with Gasteiger partial charge < -0.3 is 18.9 Å². The van der Waals surface area contributed by atoms with Crippen LogP contribution in [0.3, 0.4) is 0 Å². The molecule has 0 aromatic heterocycles. The molecule has 0 saturated heterocycles. The van der Waals surface area contributed by atoms with E-state index in [2.05, 4.69) is 13.2 Å². The van der Waals surface area contributed by atoms with Crippen molar-refractivity contribution < 1.29 is 38.1 Å². The summed E-state index contributed by atoms with van der Waals surface area (Å²) >= 11 is 0. The molecule has 2 aliphatic rings. The Hall–Kier alpha value is -2.64. The van der Waals surface area contributed by atoms with Crippen LogP contribution in [0.4, 0.5) is 0 Å². The molecular weight excluding hydrogens is 428 g/mol. The lowest BCUT2D eigenvalue weighted by Crippen LogP contribution is -2.31. The number of ether oxygens (including phenoxy) is 4. The predicted octanol–water partition coefficient (Wildman–Crippen LogP) is 3.53. The van der Waals surface area contributed by atoms with Crippen molar-refractivity contribution in [3.8, 4) is 0 Å². The SMILES string of the molecule is C=CC(=O)OCC(CCOC(=O)C1CCC(C2CCC(C(=O)OC)CC2)CC1)OC(=O)C=C. The highest BCUT2D eigenvalue weighted by Crippen LogP contribution is 2.41. The van der Waals surface area contributed by atoms with Gasteiger partial charge in [0.2, 0.25) is 0 Å². The first-order chi connectivity index (χ1) is 15.9. The number of hydrogen-bond donors (Lipinski definition) is 0. The maximum atomic E-state index is 12.5. The fourth-order valence-corrected chi connectivity index (χ4v) is 4.85. The van der Waals surface area contributed by atoms with Crippen molar-refractivity contribution in [1.29, 1.82) is 0 Å². The molecule has 1 unspecified atom stereocenters. The van der Waals surface area contributed by atoms with Crippen LogP contribution in [-0.4, -0.2) is 50.3 Å². The van der Waals surface area contributed by atoms with Gasteiger partial charge in [0.05, 0.1) is 25.6 Å². The third kappa shape index (κ3) is 8.67. The predicted molar refractivity (Wildman–Crippen MR) is 120 cm³/mol. The Balaban J connectivity index is 1.70. The Morgan fingerprint density at radius 1 is 0.788 bits per heavy atom. The minimum absolute atomic E-state index is 0.0347. The van der Waals surface area contributed by atoms with Gasteiger partial charge in [-0.25, -0.2) is 9.59 Å². The van der Waals surface area contributed by atoms with Crippen molar-refractivity contribution in [3.63, 3.8) is 0 Å². The number of rotatable bonds is 11. The van der Waals surface area contributed by atoms with Gasteiger partial charge in [0.25, 0.3) is 0 Å². The van der Waals surface area contributed by atoms with Crippen LogP contribution in [0.25, 0.3) is 0 Å². The summed E-state index contributed by atoms with van der Waals surface area (Å²) in [6.07, 6.45) is 8.96. The normalized spacial score (nSPS) is 25.7. The summed E-state index contributed by atoms with van der Waals surface area (Å²) in [4.78, 5) is 47.0. The summed E-state index contributed by atoms with van der Waals surface area (Å²) in [5, 5.41) is 0. The third-order valence-electron chi connectivity index (χ3n) is 6.79. The van der Waals surface area contributed by atoms with Crippen LogP contribution in [0.2, 0.25) is 0 Å². The number of esters is 4. The van der Waals surface area contributed by atoms with Crippen LogP contribution in [0.5, 0.6) is 0 Å². The summed E-state index contributed by atoms with van der Waals surface area (Å²) < 4.78 is 20.4. The van der Waals surface area contributed by atoms with E-state index in [-0.39, 0.29) is 43.4 Å². The molecule has 0 amide bonds. The molecule has 33 heavy (non-hydrogen) atoms. The van der Waals surface area contributed by atoms with Gasteiger partial charge >= 0.3 is 23.9 Å². The van der Waals surface area contributed by atoms with Crippen LogP contribution in [0, 0.1) is 23.7 Å². The fraction of sp³-hybridized carbons (Fsp3) is 0.680. The van der Waals surface area contributed by atoms with Crippen LogP contribution in [0.1, 0.15) is 57.8 Å². The Bertz CT molecular complexity index is 699. The van der Waals surface area contributed by atoms with Crippen molar-refractivity contribution in [2.75, 3.05) is 20.3 Å². The molecule has 2 rings (SSSR count). The number of methoxy groups -OCH3 is 1. The minimum atomic E-state index is -0.733. The average molecular weight is 465 g/mol. The lowest BCUT2D eigenvalue weighted by atomic mass is 9.69. The van der Waals surface area contributed by atoms with Gasteiger partial charge in [-0.1, -0.05) is 13.2 Å². The van der Waals surface area contributed by atoms with E-state index in [0.717, 1.165) is 63.5 Å². The van der Waals surface area contributed by atoms with Gasteiger partial charge in [-0.15, -0.1) is 0 Å². The second-order valence-corrected chi connectivity index (χ2v) is 8.80. The van der Waals surface area contributed by atoms with E-state index in [9.17, 15) is 19.2 Å². The van der Waals surface area contributed by atoms with Crippen LogP contribution < -0.4 is 0 Å². The Kier molecular flexibility index (Phi) is 11.1. The molecule has 0 bridgehead atoms. The monoisotopic (exact) mass is 464 g/mol. The molecule has 0 N–H and O–H groups in total. The Morgan fingerprint density at radius 3 is 1.79 bits per heavy atom. The van der Waals surface area contributed by atoms with Crippen molar-refractivity contribution in [3.05, 3.63) is 25.3 Å². The van der Waals surface area contributed by atoms with E-state index in [1.165, 1.54) is 7.11 Å². The van der Waals surface area contributed by atoms with Gasteiger partial charge in [0.1, 0.15) is 12.7 Å². The van der Waals surface area contributed by atoms with Gasteiger partial charge in [0.15, 0.2) is 0 Å². The summed E-state index contributed by atoms with van der Waals surface area (Å²) in [6, 6.07) is 0. The molecule has 0 radical (unpaired) electrons. The zero-order valence-corrected chi connectivity index (χ0v) is 19.5. The molecular formula is C25H36O8. The highest BCUT2D eigenvalue weighted by Gasteiger charge is 2.35. The second-order valence-electron chi connectivity index (χ2n) is 8.80. The first-order valence-corrected chi connectivity index (χ1v) is 11.7. The van der Waals surface area contributed by atoms with Crippen molar-refractivity contribution in [2.24, 2.45) is 23.7 Å². The largest absolute Gasteiger partial charge is 0.469 e. The summed E-state index contributed by atoms with van der Waals surface area (Å²) in [5.41, 5.74) is 0. The van der Waals surface area contributed by atoms with Gasteiger partial charge in [-0.2, -0.15) is 0 Å². The minimum Gasteiger partial charge on any atom is -0.469 e. The molecule has 0 aliphatic heterocycles. The maximum absolute atomic E-state index is 12.5. The molecule has 184 valence electrons. The van der Waals surface area contributed by atoms with E-state index < -0.39 is 18.0 Å². The lowest BCUT2D eigenvalue weighted by molar-refractivity contribution is -0.157. The zero-order chi connectivity index (χ0) is 24.2. The first-order valence-electron chi connectivity index (χ1n) is 11.7. The second kappa shape index (κ2) is 13.8. The summed E-state index contributed by atoms with van der Waals surface area (Å²) in [6.45, 7) is 6.58. The molecule has 2 aliphatic carbocycles. The van der Waals surface area contributed by atoms with E-state index in [1.807, 2.05) is 0 Å². The summed E-state index contributed by atoms with van der Waals surface area (Å²) in [5.74, 6) is -0.480. The van der Waals surface area contributed by atoms with Crippen molar-refractivity contribution in [2.45, 2.75) is 63.9 Å². The number of carbonyl (C=O) groups excluding carboxylic acids is 4. The molecule has 1 atom stereocenters. The van der Waals surface area contributed by atoms with Crippen LogP contribution in [0.15, 0.2) is 25.3 Å². The fourth-order valence-electron chi connectivity index (χ4n) is 4.85. The van der Waals surface area contributed by atoms with Gasteiger partial charge in [-0.3, -0.25) is 9.59 Å². The zero-order valence-electron chi connectivity index (χ0n) is 19.5. The van der Waals surface area contributed by atoms with E-state index in [1.54, 1.807) is 0 Å². The Morgan fingerprint density at radius 2 is 1.30 bits per heavy atom. The summed E-state index contributed by atoms with van der Waals surface area (Å²) in [7, 11) is 1.44. The molecule has 0 aromatic carbocycles. The highest BCUT2D eigenvalue weighted by molar-refractivity contribution is 5.82. The molecule has 2 saturated carbocycles. The van der Waals surface area contributed by atoms with Crippen molar-refractivity contribution >= 4 is 23.9 Å². The third-order valence-corrected chi connectivity index (χ3v) is 6.79. The van der Waals surface area contributed by atoms with Crippen molar-refractivity contribution in [1.82, 2.24) is 0 Å². The van der Waals surface area contributed by atoms with E-state index >= 15 is 0 Å². The smallest absolute Gasteiger partial charge is 0.330 e. The maximum Gasteiger partial charge on any atom is 0.330 e. The topological polar surface area (TPSA) is 105 Å². The Labute approximate surface area is 195 Å². The molecule has 8 nitrogen and oxygen atoms in total. The molecule has 0 spiro atoms. The standard InChI is InChI=1S/C25H36O8/c1-4-22(26)32-16-21(33-23(27)5-2)14-15-31-25(29)20-12-8-18(9-13-20)17-6-10-19(11-7-17)24(28)30-3/h4-5,17-21H,1-2,6-16H2,3H3. The molecule has 0 aromatic rings. The number of carbonyl (C=O) groups is 4. The number of hydrogen-bond acceptors (Lipinski definition) is 8. The molecule has 0 heterocycles. The first kappa shape index (κ1) is 26.6. The molecule has 2 fully saturated rings. The van der Waals surface area contributed by atoms with Crippen LogP contribution >= 0.6 is 0 Å². The van der Waals surface area contributed by atoms with Gasteiger partial charge in [-0.05, 0) is 63.2 Å². The lowest BCUT2D eigenvalue weighted by Gasteiger charge is -2.36. The highest BCUT2D eigenvalue weighted by atomic mass is 16.6. The molecule has 8 heteroatoms.